The van der Waals surface area contributed by atoms with E-state index < -0.39 is 18.0 Å². The average molecular weight is 360 g/mol. The predicted octanol–water partition coefficient (Wildman–Crippen LogP) is 4.75. The van der Waals surface area contributed by atoms with Gasteiger partial charge in [0.05, 0.1) is 0 Å². The fraction of sp³-hybridized carbons (Fsp3) is 0.591. The highest BCUT2D eigenvalue weighted by molar-refractivity contribution is 5.99. The predicted molar refractivity (Wildman–Crippen MR) is 104 cm³/mol. The van der Waals surface area contributed by atoms with E-state index >= 15 is 0 Å². The van der Waals surface area contributed by atoms with Gasteiger partial charge in [-0.2, -0.15) is 0 Å². The lowest BCUT2D eigenvalue weighted by atomic mass is 9.98. The minimum Gasteiger partial charge on any atom is -0.479 e. The molecular formula is C22H32O4. The number of carbonyl (C=O) groups excluding carboxylic acids is 1. The SMILES string of the molecule is CCCCCC=CC1=C(CC(=C=CC(C)C(O)C(=O)O)CC)C(=O)CC1. The Labute approximate surface area is 157 Å². The molecule has 2 N–H and O–H groups in total. The quantitative estimate of drug-likeness (QED) is 0.412. The van der Waals surface area contributed by atoms with Gasteiger partial charge < -0.3 is 10.2 Å². The Bertz CT molecular complexity index is 618. The van der Waals surface area contributed by atoms with Crippen molar-refractivity contribution in [3.05, 3.63) is 40.7 Å². The molecule has 0 aromatic rings. The first-order valence-electron chi connectivity index (χ1n) is 9.67. The number of carboxylic acids is 1. The normalized spacial score (nSPS) is 16.7. The van der Waals surface area contributed by atoms with E-state index in [1.807, 2.05) is 6.92 Å². The van der Waals surface area contributed by atoms with E-state index in [1.165, 1.54) is 19.3 Å². The Balaban J connectivity index is 2.88. The number of rotatable bonds is 11. The van der Waals surface area contributed by atoms with Crippen LogP contribution in [0.3, 0.4) is 0 Å². The topological polar surface area (TPSA) is 74.6 Å². The Morgan fingerprint density at radius 1 is 1.27 bits per heavy atom. The lowest BCUT2D eigenvalue weighted by Gasteiger charge is -2.09. The first-order chi connectivity index (χ1) is 12.4. The van der Waals surface area contributed by atoms with Crippen molar-refractivity contribution in [3.63, 3.8) is 0 Å². The highest BCUT2D eigenvalue weighted by atomic mass is 16.4. The molecule has 1 aliphatic rings. The molecule has 0 radical (unpaired) electrons. The summed E-state index contributed by atoms with van der Waals surface area (Å²) in [5.74, 6) is -1.57. The molecule has 0 fully saturated rings. The average Bonchev–Trinajstić information content (AvgIpc) is 2.97. The number of hydrogen-bond acceptors (Lipinski definition) is 3. The van der Waals surface area contributed by atoms with Crippen molar-refractivity contribution >= 4 is 11.8 Å². The van der Waals surface area contributed by atoms with Gasteiger partial charge in [0.1, 0.15) is 0 Å². The van der Waals surface area contributed by atoms with Crippen molar-refractivity contribution in [1.29, 1.82) is 0 Å². The summed E-state index contributed by atoms with van der Waals surface area (Å²) in [6.45, 7) is 5.82. The Morgan fingerprint density at radius 2 is 2.00 bits per heavy atom. The second kappa shape index (κ2) is 11.7. The van der Waals surface area contributed by atoms with Crippen LogP contribution in [0.2, 0.25) is 0 Å². The first-order valence-corrected chi connectivity index (χ1v) is 9.67. The van der Waals surface area contributed by atoms with Gasteiger partial charge >= 0.3 is 5.97 Å². The van der Waals surface area contributed by atoms with Crippen LogP contribution in [0.25, 0.3) is 0 Å². The molecule has 144 valence electrons. The molecule has 0 aromatic heterocycles. The van der Waals surface area contributed by atoms with Gasteiger partial charge in [0.25, 0.3) is 0 Å². The maximum Gasteiger partial charge on any atom is 0.333 e. The van der Waals surface area contributed by atoms with Crippen molar-refractivity contribution in [2.24, 2.45) is 5.92 Å². The summed E-state index contributed by atoms with van der Waals surface area (Å²) in [5.41, 5.74) is 6.05. The fourth-order valence-electron chi connectivity index (χ4n) is 2.92. The third kappa shape index (κ3) is 7.15. The van der Waals surface area contributed by atoms with Crippen molar-refractivity contribution < 1.29 is 19.8 Å². The summed E-state index contributed by atoms with van der Waals surface area (Å²) >= 11 is 0. The van der Waals surface area contributed by atoms with Crippen molar-refractivity contribution in [3.8, 4) is 0 Å². The number of allylic oxidation sites excluding steroid dienone is 4. The van der Waals surface area contributed by atoms with Gasteiger partial charge in [0.15, 0.2) is 11.9 Å². The van der Waals surface area contributed by atoms with Crippen molar-refractivity contribution in [2.75, 3.05) is 0 Å². The van der Waals surface area contributed by atoms with E-state index in [1.54, 1.807) is 13.0 Å². The first kappa shape index (κ1) is 22.1. The number of aliphatic hydroxyl groups excluding tert-OH is 1. The minimum absolute atomic E-state index is 0.199. The highest BCUT2D eigenvalue weighted by Crippen LogP contribution is 2.29. The van der Waals surface area contributed by atoms with E-state index in [4.69, 9.17) is 5.11 Å². The molecule has 0 bridgehead atoms. The Hall–Kier alpha value is -1.90. The second-order valence-corrected chi connectivity index (χ2v) is 6.91. The summed E-state index contributed by atoms with van der Waals surface area (Å²) < 4.78 is 0. The lowest BCUT2D eigenvalue weighted by molar-refractivity contribution is -0.148. The number of aliphatic hydroxyl groups is 1. The van der Waals surface area contributed by atoms with Gasteiger partial charge in [0.2, 0.25) is 0 Å². The standard InChI is InChI=1S/C22H32O4/c1-4-6-7-8-9-10-18-13-14-20(23)19(18)15-17(5-2)12-11-16(3)21(24)22(25)26/h9-11,16,21,24H,4-8,13-15H2,1-3H3,(H,25,26). The molecule has 2 atom stereocenters. The molecule has 0 amide bonds. The van der Waals surface area contributed by atoms with Crippen LogP contribution in [0.5, 0.6) is 0 Å². The van der Waals surface area contributed by atoms with Gasteiger partial charge in [-0.3, -0.25) is 4.79 Å². The lowest BCUT2D eigenvalue weighted by Crippen LogP contribution is -2.25. The number of Topliss-reactive ketones (excluding diaryl/α,β-unsaturated/α-hetero) is 1. The molecule has 0 saturated carbocycles. The van der Waals surface area contributed by atoms with Crippen LogP contribution in [0.1, 0.15) is 72.1 Å². The molecule has 4 nitrogen and oxygen atoms in total. The molecule has 1 rings (SSSR count). The molecule has 0 aliphatic heterocycles. The zero-order chi connectivity index (χ0) is 19.5. The van der Waals surface area contributed by atoms with E-state index in [0.29, 0.717) is 12.8 Å². The number of carbonyl (C=O) groups is 2. The van der Waals surface area contributed by atoms with Crippen LogP contribution in [0.15, 0.2) is 40.7 Å². The van der Waals surface area contributed by atoms with Crippen molar-refractivity contribution in [1.82, 2.24) is 0 Å². The van der Waals surface area contributed by atoms with Gasteiger partial charge in [-0.15, -0.1) is 5.73 Å². The van der Waals surface area contributed by atoms with Gasteiger partial charge in [0, 0.05) is 24.3 Å². The summed E-state index contributed by atoms with van der Waals surface area (Å²) in [6, 6.07) is 0. The van der Waals surface area contributed by atoms with Crippen LogP contribution in [-0.2, 0) is 9.59 Å². The number of unbranched alkanes of at least 4 members (excludes halogenated alkanes) is 3. The molecular weight excluding hydrogens is 328 g/mol. The summed E-state index contributed by atoms with van der Waals surface area (Å²) in [4.78, 5) is 23.1. The molecule has 4 heteroatoms. The van der Waals surface area contributed by atoms with E-state index in [9.17, 15) is 14.7 Å². The molecule has 1 aliphatic carbocycles. The number of hydrogen-bond donors (Lipinski definition) is 2. The van der Waals surface area contributed by atoms with Crippen molar-refractivity contribution in [2.45, 2.75) is 78.2 Å². The van der Waals surface area contributed by atoms with Gasteiger partial charge in [-0.25, -0.2) is 4.79 Å². The van der Waals surface area contributed by atoms with Gasteiger partial charge in [-0.1, -0.05) is 45.8 Å². The number of ketones is 1. The zero-order valence-corrected chi connectivity index (χ0v) is 16.3. The van der Waals surface area contributed by atoms with Crippen LogP contribution in [-0.4, -0.2) is 28.1 Å². The third-order valence-corrected chi connectivity index (χ3v) is 4.76. The Kier molecular flexibility index (Phi) is 9.93. The van der Waals surface area contributed by atoms with Crippen LogP contribution < -0.4 is 0 Å². The summed E-state index contributed by atoms with van der Waals surface area (Å²) in [5, 5.41) is 18.4. The number of aliphatic carboxylic acids is 1. The molecule has 26 heavy (non-hydrogen) atoms. The van der Waals surface area contributed by atoms with Crippen LogP contribution >= 0.6 is 0 Å². The molecule has 0 spiro atoms. The maximum atomic E-state index is 12.2. The smallest absolute Gasteiger partial charge is 0.333 e. The monoisotopic (exact) mass is 360 g/mol. The largest absolute Gasteiger partial charge is 0.479 e. The molecule has 0 saturated heterocycles. The fourth-order valence-corrected chi connectivity index (χ4v) is 2.92. The molecule has 2 unspecified atom stereocenters. The van der Waals surface area contributed by atoms with Crippen LogP contribution in [0.4, 0.5) is 0 Å². The third-order valence-electron chi connectivity index (χ3n) is 4.76. The van der Waals surface area contributed by atoms with E-state index in [-0.39, 0.29) is 5.78 Å². The summed E-state index contributed by atoms with van der Waals surface area (Å²) in [6.07, 6.45) is 11.7. The zero-order valence-electron chi connectivity index (χ0n) is 16.3. The molecule has 0 heterocycles. The van der Waals surface area contributed by atoms with E-state index in [2.05, 4.69) is 24.8 Å². The van der Waals surface area contributed by atoms with Crippen LogP contribution in [0, 0.1) is 5.92 Å². The molecule has 0 aromatic carbocycles. The Morgan fingerprint density at radius 3 is 2.62 bits per heavy atom. The van der Waals surface area contributed by atoms with Gasteiger partial charge in [-0.05, 0) is 42.9 Å². The minimum atomic E-state index is -1.44. The van der Waals surface area contributed by atoms with E-state index in [0.717, 1.165) is 36.0 Å². The number of carboxylic acid groups (broad SMARTS) is 1. The highest BCUT2D eigenvalue weighted by Gasteiger charge is 2.22. The maximum absolute atomic E-state index is 12.2. The summed E-state index contributed by atoms with van der Waals surface area (Å²) in [7, 11) is 0. The second-order valence-electron chi connectivity index (χ2n) is 6.91.